The number of fused-ring (bicyclic) bond motifs is 1. The molecule has 178 valence electrons. The minimum atomic E-state index is -0.266. The van der Waals surface area contributed by atoms with E-state index in [0.717, 1.165) is 41.3 Å². The van der Waals surface area contributed by atoms with Gasteiger partial charge in [0, 0.05) is 48.3 Å². The van der Waals surface area contributed by atoms with Crippen molar-refractivity contribution >= 4 is 33.2 Å². The zero-order valence-corrected chi connectivity index (χ0v) is 21.1. The largest absolute Gasteiger partial charge is 0.477 e. The molecule has 2 saturated heterocycles. The van der Waals surface area contributed by atoms with Crippen molar-refractivity contribution < 1.29 is 14.3 Å². The monoisotopic (exact) mass is 544 g/mol. The molecule has 34 heavy (non-hydrogen) atoms. The molecule has 1 amide bonds. The van der Waals surface area contributed by atoms with Crippen LogP contribution in [0.3, 0.4) is 0 Å². The maximum absolute atomic E-state index is 13.2. The summed E-state index contributed by atoms with van der Waals surface area (Å²) in [5.41, 5.74) is 1.43. The van der Waals surface area contributed by atoms with Crippen molar-refractivity contribution in [2.75, 3.05) is 39.5 Å². The SMILES string of the molecule is CCOc1cncc(-c2cnc(C(=O)NC(CN3C[C@H]4COC[C@H]4C3)c3cc(Br)ccn3)s2)n1. The van der Waals surface area contributed by atoms with E-state index in [9.17, 15) is 4.79 Å². The lowest BCUT2D eigenvalue weighted by Crippen LogP contribution is -2.38. The minimum absolute atomic E-state index is 0.236. The number of rotatable bonds is 8. The number of nitrogens with one attached hydrogen (secondary N) is 1. The van der Waals surface area contributed by atoms with Crippen LogP contribution in [-0.4, -0.2) is 70.2 Å². The van der Waals surface area contributed by atoms with Crippen LogP contribution in [0.4, 0.5) is 0 Å². The number of hydrogen-bond donors (Lipinski definition) is 1. The number of hydrogen-bond acceptors (Lipinski definition) is 9. The Labute approximate surface area is 210 Å². The Morgan fingerprint density at radius 2 is 2.12 bits per heavy atom. The van der Waals surface area contributed by atoms with Gasteiger partial charge in [-0.05, 0) is 19.1 Å². The summed E-state index contributed by atoms with van der Waals surface area (Å²) in [7, 11) is 0. The number of aromatic nitrogens is 4. The standard InChI is InChI=1S/C23H25BrN6O3S/c1-2-33-21-8-25-6-18(28-21)20-7-27-23(34-20)22(31)29-19(17-5-16(24)3-4-26-17)11-30-9-14-12-32-13-15(14)10-30/h3-8,14-15,19H,2,9-13H2,1H3,(H,29,31)/t14-,15+,19?. The van der Waals surface area contributed by atoms with Crippen LogP contribution < -0.4 is 10.1 Å². The molecule has 1 N–H and O–H groups in total. The summed E-state index contributed by atoms with van der Waals surface area (Å²) in [4.78, 5) is 33.8. The van der Waals surface area contributed by atoms with E-state index in [1.54, 1.807) is 24.8 Å². The fourth-order valence-corrected chi connectivity index (χ4v) is 5.54. The number of carbonyl (C=O) groups is 1. The molecule has 9 nitrogen and oxygen atoms in total. The van der Waals surface area contributed by atoms with Gasteiger partial charge in [0.05, 0.1) is 48.8 Å². The highest BCUT2D eigenvalue weighted by Crippen LogP contribution is 2.31. The molecule has 0 bridgehead atoms. The molecule has 0 aromatic carbocycles. The average Bonchev–Trinajstić information content (AvgIpc) is 3.56. The Balaban J connectivity index is 1.32. The summed E-state index contributed by atoms with van der Waals surface area (Å²) in [5, 5.41) is 3.52. The Kier molecular flexibility index (Phi) is 7.14. The first-order valence-corrected chi connectivity index (χ1v) is 12.8. The molecular weight excluding hydrogens is 520 g/mol. The van der Waals surface area contributed by atoms with Crippen LogP contribution >= 0.6 is 27.3 Å². The van der Waals surface area contributed by atoms with Crippen LogP contribution in [0.5, 0.6) is 5.88 Å². The second kappa shape index (κ2) is 10.4. The number of carbonyl (C=O) groups excluding carboxylic acids is 1. The van der Waals surface area contributed by atoms with Crippen molar-refractivity contribution in [3.05, 3.63) is 52.1 Å². The molecule has 2 aliphatic heterocycles. The maximum atomic E-state index is 13.2. The van der Waals surface area contributed by atoms with E-state index in [0.29, 0.717) is 41.6 Å². The highest BCUT2D eigenvalue weighted by atomic mass is 79.9. The second-order valence-electron chi connectivity index (χ2n) is 8.41. The highest BCUT2D eigenvalue weighted by Gasteiger charge is 2.38. The first-order valence-electron chi connectivity index (χ1n) is 11.2. The predicted octanol–water partition coefficient (Wildman–Crippen LogP) is 3.21. The average molecular weight is 545 g/mol. The van der Waals surface area contributed by atoms with E-state index >= 15 is 0 Å². The Bertz CT molecular complexity index is 1150. The predicted molar refractivity (Wildman–Crippen MR) is 131 cm³/mol. The van der Waals surface area contributed by atoms with Gasteiger partial charge in [-0.15, -0.1) is 11.3 Å². The molecule has 5 rings (SSSR count). The molecule has 3 aromatic heterocycles. The number of halogens is 1. The number of likely N-dealkylation sites (tertiary alicyclic amines) is 1. The summed E-state index contributed by atoms with van der Waals surface area (Å²) in [6, 6.07) is 3.57. The first-order chi connectivity index (χ1) is 16.6. The fraction of sp³-hybridized carbons (Fsp3) is 0.435. The van der Waals surface area contributed by atoms with Gasteiger partial charge in [0.2, 0.25) is 5.88 Å². The molecule has 1 unspecified atom stereocenters. The number of pyridine rings is 1. The van der Waals surface area contributed by atoms with Gasteiger partial charge >= 0.3 is 0 Å². The Morgan fingerprint density at radius 3 is 2.88 bits per heavy atom. The summed E-state index contributed by atoms with van der Waals surface area (Å²) >= 11 is 4.80. The van der Waals surface area contributed by atoms with Gasteiger partial charge in [0.25, 0.3) is 5.91 Å². The van der Waals surface area contributed by atoms with Gasteiger partial charge in [-0.2, -0.15) is 0 Å². The first kappa shape index (κ1) is 23.3. The molecule has 5 heterocycles. The summed E-state index contributed by atoms with van der Waals surface area (Å²) < 4.78 is 12.0. The van der Waals surface area contributed by atoms with Gasteiger partial charge < -0.3 is 19.7 Å². The molecule has 0 spiro atoms. The molecule has 0 radical (unpaired) electrons. The lowest BCUT2D eigenvalue weighted by atomic mass is 10.0. The van der Waals surface area contributed by atoms with Crippen LogP contribution in [0.2, 0.25) is 0 Å². The lowest BCUT2D eigenvalue weighted by molar-refractivity contribution is 0.0920. The van der Waals surface area contributed by atoms with Gasteiger partial charge in [-0.3, -0.25) is 14.8 Å². The summed E-state index contributed by atoms with van der Waals surface area (Å²) in [6.45, 7) is 6.67. The number of amides is 1. The number of ether oxygens (including phenoxy) is 2. The molecule has 0 aliphatic carbocycles. The van der Waals surface area contributed by atoms with Crippen LogP contribution in [0, 0.1) is 11.8 Å². The second-order valence-corrected chi connectivity index (χ2v) is 10.4. The van der Waals surface area contributed by atoms with Gasteiger partial charge in [-0.1, -0.05) is 15.9 Å². The molecule has 11 heteroatoms. The third kappa shape index (κ3) is 5.27. The van der Waals surface area contributed by atoms with E-state index in [4.69, 9.17) is 9.47 Å². The third-order valence-corrected chi connectivity index (χ3v) is 7.53. The summed E-state index contributed by atoms with van der Waals surface area (Å²) in [6.07, 6.45) is 6.60. The minimum Gasteiger partial charge on any atom is -0.477 e. The molecule has 3 aromatic rings. The van der Waals surface area contributed by atoms with Crippen LogP contribution in [-0.2, 0) is 4.74 Å². The van der Waals surface area contributed by atoms with Gasteiger partial charge in [-0.25, -0.2) is 9.97 Å². The van der Waals surface area contributed by atoms with Crippen molar-refractivity contribution in [1.29, 1.82) is 0 Å². The Morgan fingerprint density at radius 1 is 1.29 bits per heavy atom. The molecule has 2 fully saturated rings. The molecular formula is C23H25BrN6O3S. The highest BCUT2D eigenvalue weighted by molar-refractivity contribution is 9.10. The van der Waals surface area contributed by atoms with E-state index in [1.807, 2.05) is 19.1 Å². The number of nitrogens with zero attached hydrogens (tertiary/aromatic N) is 5. The van der Waals surface area contributed by atoms with Crippen LogP contribution in [0.15, 0.2) is 41.4 Å². The quantitative estimate of drug-likeness (QED) is 0.461. The Hall–Kier alpha value is -2.47. The van der Waals surface area contributed by atoms with Gasteiger partial charge in [0.15, 0.2) is 5.01 Å². The lowest BCUT2D eigenvalue weighted by Gasteiger charge is -2.25. The topological polar surface area (TPSA) is 102 Å². The molecule has 2 aliphatic rings. The van der Waals surface area contributed by atoms with E-state index in [-0.39, 0.29) is 11.9 Å². The van der Waals surface area contributed by atoms with Crippen molar-refractivity contribution in [2.24, 2.45) is 11.8 Å². The molecule has 3 atom stereocenters. The maximum Gasteiger partial charge on any atom is 0.280 e. The van der Waals surface area contributed by atoms with E-state index in [2.05, 4.69) is 46.1 Å². The third-order valence-electron chi connectivity index (χ3n) is 6.02. The zero-order valence-electron chi connectivity index (χ0n) is 18.7. The fourth-order valence-electron chi connectivity index (χ4n) is 4.42. The smallest absolute Gasteiger partial charge is 0.280 e. The van der Waals surface area contributed by atoms with Crippen molar-refractivity contribution in [2.45, 2.75) is 13.0 Å². The summed E-state index contributed by atoms with van der Waals surface area (Å²) in [5.74, 6) is 1.35. The van der Waals surface area contributed by atoms with Crippen molar-refractivity contribution in [3.63, 3.8) is 0 Å². The van der Waals surface area contributed by atoms with E-state index < -0.39 is 0 Å². The molecule has 0 saturated carbocycles. The normalized spacial score (nSPS) is 20.8. The van der Waals surface area contributed by atoms with Crippen LogP contribution in [0.25, 0.3) is 10.6 Å². The number of thiazole rings is 1. The van der Waals surface area contributed by atoms with Gasteiger partial charge in [0.1, 0.15) is 5.69 Å². The van der Waals surface area contributed by atoms with Crippen LogP contribution in [0.1, 0.15) is 28.5 Å². The van der Waals surface area contributed by atoms with E-state index in [1.165, 1.54) is 11.3 Å². The van der Waals surface area contributed by atoms with Crippen molar-refractivity contribution in [1.82, 2.24) is 30.2 Å². The zero-order chi connectivity index (χ0) is 23.5. The van der Waals surface area contributed by atoms with Crippen molar-refractivity contribution in [3.8, 4) is 16.5 Å².